The van der Waals surface area contributed by atoms with Gasteiger partial charge in [0, 0.05) is 11.0 Å². The standard InChI is InChI=1S/C11H8BrF6NO/c12-7-4-2-1-3-6(7)5-19-9(20)8(10(13,14)15)11(16,17)18/h1-4,8H,5H2,(H,19,20). The van der Waals surface area contributed by atoms with Gasteiger partial charge in [0.05, 0.1) is 0 Å². The van der Waals surface area contributed by atoms with Crippen LogP contribution < -0.4 is 5.32 Å². The number of halogens is 7. The Labute approximate surface area is 118 Å². The van der Waals surface area contributed by atoms with Gasteiger partial charge in [0.15, 0.2) is 0 Å². The van der Waals surface area contributed by atoms with Crippen molar-refractivity contribution in [2.24, 2.45) is 5.92 Å². The van der Waals surface area contributed by atoms with E-state index in [1.165, 1.54) is 12.1 Å². The first-order valence-corrected chi connectivity index (χ1v) is 5.97. The van der Waals surface area contributed by atoms with Gasteiger partial charge in [-0.3, -0.25) is 4.79 Å². The molecule has 0 aliphatic rings. The average molecular weight is 364 g/mol. The van der Waals surface area contributed by atoms with Gasteiger partial charge in [-0.15, -0.1) is 0 Å². The maximum atomic E-state index is 12.3. The van der Waals surface area contributed by atoms with Gasteiger partial charge < -0.3 is 5.32 Å². The minimum atomic E-state index is -5.68. The van der Waals surface area contributed by atoms with Crippen molar-refractivity contribution in [3.8, 4) is 0 Å². The molecule has 0 aliphatic carbocycles. The molecule has 0 bridgehead atoms. The summed E-state index contributed by atoms with van der Waals surface area (Å²) in [7, 11) is 0. The molecular formula is C11H8BrF6NO. The lowest BCUT2D eigenvalue weighted by molar-refractivity contribution is -0.274. The van der Waals surface area contributed by atoms with Crippen LogP contribution in [0.4, 0.5) is 26.3 Å². The molecule has 0 saturated carbocycles. The van der Waals surface area contributed by atoms with Crippen LogP contribution in [-0.4, -0.2) is 18.3 Å². The molecule has 0 aliphatic heterocycles. The van der Waals surface area contributed by atoms with Crippen LogP contribution in [0, 0.1) is 5.92 Å². The Balaban J connectivity index is 2.81. The Hall–Kier alpha value is -1.25. The van der Waals surface area contributed by atoms with Crippen molar-refractivity contribution >= 4 is 21.8 Å². The van der Waals surface area contributed by atoms with Crippen LogP contribution in [0.3, 0.4) is 0 Å². The molecule has 1 N–H and O–H groups in total. The van der Waals surface area contributed by atoms with Gasteiger partial charge in [-0.05, 0) is 11.6 Å². The van der Waals surface area contributed by atoms with Crippen molar-refractivity contribution in [1.29, 1.82) is 0 Å². The molecule has 1 aromatic carbocycles. The van der Waals surface area contributed by atoms with Crippen LogP contribution in [0.2, 0.25) is 0 Å². The summed E-state index contributed by atoms with van der Waals surface area (Å²) in [5.41, 5.74) is 0.365. The third kappa shape index (κ3) is 4.39. The Bertz CT molecular complexity index is 471. The molecule has 0 heterocycles. The zero-order valence-electron chi connectivity index (χ0n) is 9.65. The molecule has 1 rings (SSSR count). The topological polar surface area (TPSA) is 29.1 Å². The smallest absolute Gasteiger partial charge is 0.351 e. The van der Waals surface area contributed by atoms with Crippen molar-refractivity contribution in [1.82, 2.24) is 5.32 Å². The maximum Gasteiger partial charge on any atom is 0.409 e. The van der Waals surface area contributed by atoms with E-state index in [1.807, 2.05) is 0 Å². The van der Waals surface area contributed by atoms with Gasteiger partial charge in [0.2, 0.25) is 11.8 Å². The van der Waals surface area contributed by atoms with E-state index in [0.29, 0.717) is 10.0 Å². The molecule has 0 aromatic heterocycles. The van der Waals surface area contributed by atoms with Gasteiger partial charge in [-0.2, -0.15) is 26.3 Å². The largest absolute Gasteiger partial charge is 0.409 e. The molecule has 0 unspecified atom stereocenters. The molecule has 9 heteroatoms. The first-order chi connectivity index (χ1) is 9.03. The fraction of sp³-hybridized carbons (Fsp3) is 0.364. The Morgan fingerprint density at radius 2 is 1.60 bits per heavy atom. The van der Waals surface area contributed by atoms with E-state index < -0.39 is 30.7 Å². The fourth-order valence-electron chi connectivity index (χ4n) is 1.41. The van der Waals surface area contributed by atoms with Crippen molar-refractivity contribution in [3.63, 3.8) is 0 Å². The minimum absolute atomic E-state index is 0.365. The summed E-state index contributed by atoms with van der Waals surface area (Å²) < 4.78 is 74.2. The third-order valence-corrected chi connectivity index (χ3v) is 3.10. The summed E-state index contributed by atoms with van der Waals surface area (Å²) >= 11 is 3.07. The molecule has 20 heavy (non-hydrogen) atoms. The lowest BCUT2D eigenvalue weighted by Gasteiger charge is -2.22. The number of carbonyl (C=O) groups is 1. The quantitative estimate of drug-likeness (QED) is 0.813. The Morgan fingerprint density at radius 1 is 1.10 bits per heavy atom. The lowest BCUT2D eigenvalue weighted by atomic mass is 10.1. The number of rotatable bonds is 3. The van der Waals surface area contributed by atoms with Gasteiger partial charge in [0.25, 0.3) is 0 Å². The summed E-state index contributed by atoms with van der Waals surface area (Å²) in [5.74, 6) is -6.15. The number of hydrogen-bond donors (Lipinski definition) is 1. The SMILES string of the molecule is O=C(NCc1ccccc1Br)C(C(F)(F)F)C(F)(F)F. The van der Waals surface area contributed by atoms with E-state index in [9.17, 15) is 31.1 Å². The summed E-state index contributed by atoms with van der Waals surface area (Å²) in [5, 5.41) is 1.64. The highest BCUT2D eigenvalue weighted by molar-refractivity contribution is 9.10. The number of benzene rings is 1. The highest BCUT2D eigenvalue weighted by atomic mass is 79.9. The highest BCUT2D eigenvalue weighted by Gasteiger charge is 2.60. The first kappa shape index (κ1) is 16.8. The van der Waals surface area contributed by atoms with Crippen LogP contribution in [0.25, 0.3) is 0 Å². The zero-order valence-corrected chi connectivity index (χ0v) is 11.2. The second-order valence-electron chi connectivity index (χ2n) is 3.83. The Morgan fingerprint density at radius 3 is 2.05 bits per heavy atom. The fourth-order valence-corrected chi connectivity index (χ4v) is 1.83. The van der Waals surface area contributed by atoms with E-state index in [2.05, 4.69) is 15.9 Å². The monoisotopic (exact) mass is 363 g/mol. The highest BCUT2D eigenvalue weighted by Crippen LogP contribution is 2.39. The first-order valence-electron chi connectivity index (χ1n) is 5.18. The normalized spacial score (nSPS) is 12.6. The molecular weight excluding hydrogens is 356 g/mol. The second-order valence-corrected chi connectivity index (χ2v) is 4.68. The summed E-state index contributed by atoms with van der Waals surface area (Å²) in [6.45, 7) is -0.442. The molecule has 2 nitrogen and oxygen atoms in total. The molecule has 0 atom stereocenters. The molecule has 0 fully saturated rings. The summed E-state index contributed by atoms with van der Waals surface area (Å²) in [6.07, 6.45) is -11.4. The Kier molecular flexibility index (Phi) is 5.06. The molecule has 0 saturated heterocycles. The van der Waals surface area contributed by atoms with Crippen molar-refractivity contribution in [2.75, 3.05) is 0 Å². The number of amides is 1. The van der Waals surface area contributed by atoms with Gasteiger partial charge in [0.1, 0.15) is 0 Å². The molecule has 112 valence electrons. The van der Waals surface area contributed by atoms with Crippen LogP contribution in [-0.2, 0) is 11.3 Å². The van der Waals surface area contributed by atoms with Crippen LogP contribution in [0.5, 0.6) is 0 Å². The number of carbonyl (C=O) groups excluding carboxylic acids is 1. The van der Waals surface area contributed by atoms with E-state index in [-0.39, 0.29) is 0 Å². The zero-order chi connectivity index (χ0) is 15.6. The number of hydrogen-bond acceptors (Lipinski definition) is 1. The van der Waals surface area contributed by atoms with Crippen LogP contribution >= 0.6 is 15.9 Å². The molecule has 1 amide bonds. The average Bonchev–Trinajstić information content (AvgIpc) is 2.23. The molecule has 1 aromatic rings. The predicted molar refractivity (Wildman–Crippen MR) is 61.6 cm³/mol. The van der Waals surface area contributed by atoms with Crippen molar-refractivity contribution in [2.45, 2.75) is 18.9 Å². The van der Waals surface area contributed by atoms with Crippen molar-refractivity contribution in [3.05, 3.63) is 34.3 Å². The number of nitrogens with one attached hydrogen (secondary N) is 1. The van der Waals surface area contributed by atoms with E-state index >= 15 is 0 Å². The summed E-state index contributed by atoms with van der Waals surface area (Å²) in [6, 6.07) is 6.16. The van der Waals surface area contributed by atoms with Gasteiger partial charge in [-0.25, -0.2) is 0 Å². The lowest BCUT2D eigenvalue weighted by Crippen LogP contribution is -2.47. The van der Waals surface area contributed by atoms with Gasteiger partial charge in [-0.1, -0.05) is 34.1 Å². The van der Waals surface area contributed by atoms with E-state index in [0.717, 1.165) is 0 Å². The number of alkyl halides is 6. The molecule has 0 radical (unpaired) electrons. The maximum absolute atomic E-state index is 12.3. The summed E-state index contributed by atoms with van der Waals surface area (Å²) in [4.78, 5) is 11.2. The molecule has 0 spiro atoms. The van der Waals surface area contributed by atoms with Gasteiger partial charge >= 0.3 is 12.4 Å². The van der Waals surface area contributed by atoms with E-state index in [1.54, 1.807) is 17.4 Å². The predicted octanol–water partition coefficient (Wildman–Crippen LogP) is 3.81. The van der Waals surface area contributed by atoms with Crippen LogP contribution in [0.1, 0.15) is 5.56 Å². The van der Waals surface area contributed by atoms with Crippen LogP contribution in [0.15, 0.2) is 28.7 Å². The third-order valence-electron chi connectivity index (χ3n) is 2.33. The minimum Gasteiger partial charge on any atom is -0.351 e. The van der Waals surface area contributed by atoms with E-state index in [4.69, 9.17) is 0 Å². The van der Waals surface area contributed by atoms with Crippen molar-refractivity contribution < 1.29 is 31.1 Å². The second kappa shape index (κ2) is 6.02.